The molecule has 2 rings (SSSR count). The van der Waals surface area contributed by atoms with E-state index >= 15 is 0 Å². The summed E-state index contributed by atoms with van der Waals surface area (Å²) < 4.78 is 2.21. The van der Waals surface area contributed by atoms with Crippen molar-refractivity contribution in [2.45, 2.75) is 71.9 Å². The Morgan fingerprint density at radius 1 is 1.30 bits per heavy atom. The minimum Gasteiger partial charge on any atom is -0.308 e. The summed E-state index contributed by atoms with van der Waals surface area (Å²) in [4.78, 5) is 0. The van der Waals surface area contributed by atoms with Crippen LogP contribution in [0.5, 0.6) is 0 Å². The summed E-state index contributed by atoms with van der Waals surface area (Å²) in [6.07, 6.45) is 9.82. The van der Waals surface area contributed by atoms with Crippen LogP contribution in [-0.2, 0) is 6.54 Å². The molecule has 114 valence electrons. The fraction of sp³-hybridized carbons (Fsp3) is 0.824. The molecule has 3 unspecified atom stereocenters. The minimum absolute atomic E-state index is 0.501. The monoisotopic (exact) mass is 277 g/mol. The molecule has 3 atom stereocenters. The number of aryl methyl sites for hydroxylation is 1. The molecule has 1 aliphatic rings. The van der Waals surface area contributed by atoms with Gasteiger partial charge in [0.05, 0.1) is 11.7 Å². The zero-order valence-corrected chi connectivity index (χ0v) is 13.4. The Morgan fingerprint density at radius 3 is 2.80 bits per heavy atom. The predicted octanol–water partition coefficient (Wildman–Crippen LogP) is 4.16. The van der Waals surface area contributed by atoms with E-state index in [4.69, 9.17) is 0 Å². The van der Waals surface area contributed by atoms with E-state index in [0.717, 1.165) is 31.3 Å². The van der Waals surface area contributed by atoms with Crippen LogP contribution < -0.4 is 5.32 Å². The Balaban J connectivity index is 2.12. The zero-order chi connectivity index (χ0) is 14.4. The average molecular weight is 277 g/mol. The molecule has 0 bridgehead atoms. The number of nitrogens with one attached hydrogen (secondary N) is 1. The van der Waals surface area contributed by atoms with Gasteiger partial charge >= 0.3 is 0 Å². The summed E-state index contributed by atoms with van der Waals surface area (Å²) in [5.74, 6) is 1.73. The Morgan fingerprint density at radius 2 is 2.15 bits per heavy atom. The van der Waals surface area contributed by atoms with Gasteiger partial charge in [-0.25, -0.2) is 0 Å². The molecular weight excluding hydrogens is 246 g/mol. The minimum atomic E-state index is 0.501. The second-order valence-corrected chi connectivity index (χ2v) is 6.26. The van der Waals surface area contributed by atoms with Crippen molar-refractivity contribution in [1.29, 1.82) is 0 Å². The van der Waals surface area contributed by atoms with Gasteiger partial charge < -0.3 is 5.32 Å². The third-order valence-electron chi connectivity index (χ3n) is 4.75. The van der Waals surface area contributed by atoms with Gasteiger partial charge in [-0.2, -0.15) is 5.10 Å². The van der Waals surface area contributed by atoms with Crippen molar-refractivity contribution in [3.8, 4) is 0 Å². The van der Waals surface area contributed by atoms with Gasteiger partial charge in [0.15, 0.2) is 0 Å². The molecule has 3 heteroatoms. The van der Waals surface area contributed by atoms with Crippen molar-refractivity contribution in [2.75, 3.05) is 6.54 Å². The third-order valence-corrected chi connectivity index (χ3v) is 4.75. The second-order valence-electron chi connectivity index (χ2n) is 6.26. The van der Waals surface area contributed by atoms with E-state index in [1.165, 1.54) is 37.8 Å². The standard InChI is InChI=1S/C17H31N3/c1-4-10-18-17(15-8-7-14(6-3)13-15)16-9-11-19-20(16)12-5-2/h9,11,14-15,17-18H,4-8,10,12-13H2,1-3H3. The molecule has 0 amide bonds. The quantitative estimate of drug-likeness (QED) is 0.773. The molecular formula is C17H31N3. The van der Waals surface area contributed by atoms with E-state index < -0.39 is 0 Å². The van der Waals surface area contributed by atoms with Crippen molar-refractivity contribution in [3.05, 3.63) is 18.0 Å². The van der Waals surface area contributed by atoms with E-state index in [1.54, 1.807) is 0 Å². The van der Waals surface area contributed by atoms with E-state index in [1.807, 2.05) is 6.20 Å². The van der Waals surface area contributed by atoms with Crippen molar-refractivity contribution < 1.29 is 0 Å². The zero-order valence-electron chi connectivity index (χ0n) is 13.4. The van der Waals surface area contributed by atoms with Crippen LogP contribution in [0.4, 0.5) is 0 Å². The molecule has 0 aromatic carbocycles. The molecule has 0 spiro atoms. The normalized spacial score (nSPS) is 24.1. The molecule has 1 aliphatic carbocycles. The summed E-state index contributed by atoms with van der Waals surface area (Å²) in [6.45, 7) is 8.95. The van der Waals surface area contributed by atoms with Gasteiger partial charge in [0.1, 0.15) is 0 Å². The summed E-state index contributed by atoms with van der Waals surface area (Å²) in [5, 5.41) is 8.32. The van der Waals surface area contributed by atoms with Crippen molar-refractivity contribution >= 4 is 0 Å². The smallest absolute Gasteiger partial charge is 0.0556 e. The van der Waals surface area contributed by atoms with Gasteiger partial charge in [-0.05, 0) is 50.1 Å². The first-order valence-corrected chi connectivity index (χ1v) is 8.55. The highest BCUT2D eigenvalue weighted by atomic mass is 15.3. The van der Waals surface area contributed by atoms with Crippen LogP contribution in [0.3, 0.4) is 0 Å². The van der Waals surface area contributed by atoms with Crippen LogP contribution in [0.15, 0.2) is 12.3 Å². The fourth-order valence-electron chi connectivity index (χ4n) is 3.61. The number of aromatic nitrogens is 2. The number of nitrogens with zero attached hydrogens (tertiary/aromatic N) is 2. The molecule has 1 saturated carbocycles. The maximum absolute atomic E-state index is 4.52. The van der Waals surface area contributed by atoms with Crippen molar-refractivity contribution in [1.82, 2.24) is 15.1 Å². The van der Waals surface area contributed by atoms with Crippen LogP contribution in [0.25, 0.3) is 0 Å². The Kier molecular flexibility index (Phi) is 6.08. The highest BCUT2D eigenvalue weighted by Crippen LogP contribution is 2.40. The maximum Gasteiger partial charge on any atom is 0.0556 e. The predicted molar refractivity (Wildman–Crippen MR) is 84.7 cm³/mol. The lowest BCUT2D eigenvalue weighted by Gasteiger charge is -2.26. The summed E-state index contributed by atoms with van der Waals surface area (Å²) in [6, 6.07) is 2.72. The topological polar surface area (TPSA) is 29.9 Å². The molecule has 1 heterocycles. The first-order valence-electron chi connectivity index (χ1n) is 8.55. The molecule has 0 radical (unpaired) electrons. The first kappa shape index (κ1) is 15.6. The van der Waals surface area contributed by atoms with E-state index in [9.17, 15) is 0 Å². The Bertz CT molecular complexity index is 385. The van der Waals surface area contributed by atoms with Crippen LogP contribution in [0, 0.1) is 11.8 Å². The average Bonchev–Trinajstić information content (AvgIpc) is 3.10. The highest BCUT2D eigenvalue weighted by molar-refractivity contribution is 5.10. The molecule has 1 aromatic heterocycles. The number of rotatable bonds is 8. The largest absolute Gasteiger partial charge is 0.308 e. The van der Waals surface area contributed by atoms with Crippen LogP contribution >= 0.6 is 0 Å². The highest BCUT2D eigenvalue weighted by Gasteiger charge is 2.32. The maximum atomic E-state index is 4.52. The second kappa shape index (κ2) is 7.82. The number of hydrogen-bond donors (Lipinski definition) is 1. The van der Waals surface area contributed by atoms with E-state index in [-0.39, 0.29) is 0 Å². The van der Waals surface area contributed by atoms with Crippen molar-refractivity contribution in [2.24, 2.45) is 11.8 Å². The van der Waals surface area contributed by atoms with Gasteiger partial charge in [0.25, 0.3) is 0 Å². The first-order chi connectivity index (χ1) is 9.80. The molecule has 1 aromatic rings. The van der Waals surface area contributed by atoms with E-state index in [0.29, 0.717) is 6.04 Å². The van der Waals surface area contributed by atoms with Gasteiger partial charge in [-0.1, -0.05) is 33.6 Å². The van der Waals surface area contributed by atoms with Gasteiger partial charge in [0.2, 0.25) is 0 Å². The molecule has 0 aliphatic heterocycles. The van der Waals surface area contributed by atoms with E-state index in [2.05, 4.69) is 41.9 Å². The fourth-order valence-corrected chi connectivity index (χ4v) is 3.61. The number of hydrogen-bond acceptors (Lipinski definition) is 2. The summed E-state index contributed by atoms with van der Waals surface area (Å²) in [7, 11) is 0. The van der Waals surface area contributed by atoms with Crippen LogP contribution in [-0.4, -0.2) is 16.3 Å². The van der Waals surface area contributed by atoms with Gasteiger partial charge in [-0.3, -0.25) is 4.68 Å². The Labute approximate surface area is 124 Å². The molecule has 3 nitrogen and oxygen atoms in total. The molecule has 0 saturated heterocycles. The molecule has 1 N–H and O–H groups in total. The van der Waals surface area contributed by atoms with Gasteiger partial charge in [-0.15, -0.1) is 0 Å². The summed E-state index contributed by atoms with van der Waals surface area (Å²) >= 11 is 0. The Hall–Kier alpha value is -0.830. The summed E-state index contributed by atoms with van der Waals surface area (Å²) in [5.41, 5.74) is 1.40. The lowest BCUT2D eigenvalue weighted by atomic mass is 9.93. The molecule has 1 fully saturated rings. The van der Waals surface area contributed by atoms with Crippen molar-refractivity contribution in [3.63, 3.8) is 0 Å². The lowest BCUT2D eigenvalue weighted by Crippen LogP contribution is -2.30. The van der Waals surface area contributed by atoms with Crippen LogP contribution in [0.2, 0.25) is 0 Å². The van der Waals surface area contributed by atoms with Crippen LogP contribution in [0.1, 0.15) is 71.0 Å². The molecule has 20 heavy (non-hydrogen) atoms. The third kappa shape index (κ3) is 3.63. The van der Waals surface area contributed by atoms with Gasteiger partial charge in [0, 0.05) is 12.7 Å². The SMILES string of the molecule is CCCNC(c1ccnn1CCC)C1CCC(CC)C1. The lowest BCUT2D eigenvalue weighted by molar-refractivity contribution is 0.333.